The smallest absolute Gasteiger partial charge is 0.251 e. The predicted molar refractivity (Wildman–Crippen MR) is 45.6 cm³/mol. The SMILES string of the molecule is C=C(C)C(=O)Nc1cscn1. The van der Waals surface area contributed by atoms with E-state index in [1.165, 1.54) is 11.3 Å². The van der Waals surface area contributed by atoms with Gasteiger partial charge in [0.15, 0.2) is 0 Å². The highest BCUT2D eigenvalue weighted by molar-refractivity contribution is 7.07. The number of aromatic nitrogens is 1. The summed E-state index contributed by atoms with van der Waals surface area (Å²) < 4.78 is 0. The minimum Gasteiger partial charge on any atom is -0.306 e. The Morgan fingerprint density at radius 3 is 3.00 bits per heavy atom. The number of hydrogen-bond donors (Lipinski definition) is 1. The van der Waals surface area contributed by atoms with Crippen molar-refractivity contribution in [2.45, 2.75) is 6.92 Å². The summed E-state index contributed by atoms with van der Waals surface area (Å²) in [6.45, 7) is 5.15. The Morgan fingerprint density at radius 1 is 1.82 bits per heavy atom. The van der Waals surface area contributed by atoms with Crippen molar-refractivity contribution in [3.05, 3.63) is 23.0 Å². The molecule has 4 heteroatoms. The van der Waals surface area contributed by atoms with Gasteiger partial charge in [0, 0.05) is 11.0 Å². The van der Waals surface area contributed by atoms with Crippen LogP contribution in [0.25, 0.3) is 0 Å². The molecule has 0 saturated carbocycles. The summed E-state index contributed by atoms with van der Waals surface area (Å²) in [4.78, 5) is 14.8. The molecule has 0 aliphatic rings. The fraction of sp³-hybridized carbons (Fsp3) is 0.143. The molecule has 0 radical (unpaired) electrons. The summed E-state index contributed by atoms with van der Waals surface area (Å²) >= 11 is 1.44. The van der Waals surface area contributed by atoms with Crippen molar-refractivity contribution >= 4 is 23.1 Å². The van der Waals surface area contributed by atoms with Gasteiger partial charge in [0.2, 0.25) is 0 Å². The molecule has 1 heterocycles. The van der Waals surface area contributed by atoms with E-state index in [-0.39, 0.29) is 5.91 Å². The molecule has 1 aromatic rings. The van der Waals surface area contributed by atoms with E-state index in [4.69, 9.17) is 0 Å². The minimum atomic E-state index is -0.184. The van der Waals surface area contributed by atoms with Crippen molar-refractivity contribution in [1.29, 1.82) is 0 Å². The summed E-state index contributed by atoms with van der Waals surface area (Å²) in [5.74, 6) is 0.402. The van der Waals surface area contributed by atoms with Crippen LogP contribution in [-0.2, 0) is 4.79 Å². The molecule has 0 aliphatic carbocycles. The van der Waals surface area contributed by atoms with Gasteiger partial charge in [-0.25, -0.2) is 4.98 Å². The first kappa shape index (κ1) is 7.94. The molecule has 11 heavy (non-hydrogen) atoms. The molecule has 0 saturated heterocycles. The van der Waals surface area contributed by atoms with Crippen LogP contribution in [0.15, 0.2) is 23.0 Å². The van der Waals surface area contributed by atoms with E-state index in [2.05, 4.69) is 16.9 Å². The van der Waals surface area contributed by atoms with E-state index >= 15 is 0 Å². The number of anilines is 1. The molecule has 0 atom stereocenters. The Kier molecular flexibility index (Phi) is 2.38. The maximum absolute atomic E-state index is 11.0. The fourth-order valence-corrected chi connectivity index (χ4v) is 0.981. The van der Waals surface area contributed by atoms with Crippen molar-refractivity contribution in [2.24, 2.45) is 0 Å². The van der Waals surface area contributed by atoms with Crippen LogP contribution < -0.4 is 5.32 Å². The second kappa shape index (κ2) is 3.30. The molecule has 1 amide bonds. The van der Waals surface area contributed by atoms with Crippen LogP contribution in [0.1, 0.15) is 6.92 Å². The first-order valence-electron chi connectivity index (χ1n) is 3.05. The predicted octanol–water partition coefficient (Wildman–Crippen LogP) is 1.66. The average molecular weight is 168 g/mol. The molecule has 0 fully saturated rings. The van der Waals surface area contributed by atoms with Gasteiger partial charge in [0.05, 0.1) is 5.51 Å². The highest BCUT2D eigenvalue weighted by Gasteiger charge is 2.02. The van der Waals surface area contributed by atoms with Crippen LogP contribution in [0.2, 0.25) is 0 Å². The molecule has 0 bridgehead atoms. The number of rotatable bonds is 2. The number of thiazole rings is 1. The first-order chi connectivity index (χ1) is 5.20. The molecule has 0 unspecified atom stereocenters. The first-order valence-corrected chi connectivity index (χ1v) is 3.99. The molecule has 1 N–H and O–H groups in total. The Bertz CT molecular complexity index is 266. The number of nitrogens with one attached hydrogen (secondary N) is 1. The van der Waals surface area contributed by atoms with Gasteiger partial charge in [-0.05, 0) is 6.92 Å². The number of hydrogen-bond acceptors (Lipinski definition) is 3. The minimum absolute atomic E-state index is 0.184. The van der Waals surface area contributed by atoms with E-state index in [1.54, 1.807) is 17.8 Å². The third kappa shape index (κ3) is 2.16. The summed E-state index contributed by atoms with van der Waals surface area (Å²) in [7, 11) is 0. The molecule has 3 nitrogen and oxygen atoms in total. The van der Waals surface area contributed by atoms with Gasteiger partial charge in [-0.1, -0.05) is 6.58 Å². The summed E-state index contributed by atoms with van der Waals surface area (Å²) in [5.41, 5.74) is 2.15. The molecule has 1 aromatic heterocycles. The standard InChI is InChI=1S/C7H8N2OS/c1-5(2)7(10)9-6-3-11-4-8-6/h3-4H,1H2,2H3,(H,9,10). The fourth-order valence-electron chi connectivity index (χ4n) is 0.497. The number of nitrogens with zero attached hydrogens (tertiary/aromatic N) is 1. The Morgan fingerprint density at radius 2 is 2.55 bits per heavy atom. The van der Waals surface area contributed by atoms with Gasteiger partial charge in [-0.3, -0.25) is 4.79 Å². The maximum atomic E-state index is 11.0. The maximum Gasteiger partial charge on any atom is 0.251 e. The molecule has 0 aliphatic heterocycles. The lowest BCUT2D eigenvalue weighted by Crippen LogP contribution is -2.11. The van der Waals surface area contributed by atoms with Gasteiger partial charge >= 0.3 is 0 Å². The largest absolute Gasteiger partial charge is 0.306 e. The van der Waals surface area contributed by atoms with Crippen molar-refractivity contribution < 1.29 is 4.79 Å². The summed E-state index contributed by atoms with van der Waals surface area (Å²) in [5, 5.41) is 4.35. The lowest BCUT2D eigenvalue weighted by Gasteiger charge is -1.98. The van der Waals surface area contributed by atoms with Gasteiger partial charge < -0.3 is 5.32 Å². The Hall–Kier alpha value is -1.16. The topological polar surface area (TPSA) is 42.0 Å². The van der Waals surface area contributed by atoms with Gasteiger partial charge in [-0.2, -0.15) is 0 Å². The highest BCUT2D eigenvalue weighted by atomic mass is 32.1. The summed E-state index contributed by atoms with van der Waals surface area (Å²) in [6.07, 6.45) is 0. The van der Waals surface area contributed by atoms with Crippen LogP contribution in [0, 0.1) is 0 Å². The average Bonchev–Trinajstić information content (AvgIpc) is 2.39. The molecule has 58 valence electrons. The summed E-state index contributed by atoms with van der Waals surface area (Å²) in [6, 6.07) is 0. The van der Waals surface area contributed by atoms with E-state index in [1.807, 2.05) is 0 Å². The quantitative estimate of drug-likeness (QED) is 0.682. The lowest BCUT2D eigenvalue weighted by atomic mass is 10.3. The van der Waals surface area contributed by atoms with Crippen LogP contribution in [0.5, 0.6) is 0 Å². The van der Waals surface area contributed by atoms with Crippen molar-refractivity contribution in [2.75, 3.05) is 5.32 Å². The number of amides is 1. The zero-order chi connectivity index (χ0) is 8.27. The van der Waals surface area contributed by atoms with Crippen LogP contribution in [0.4, 0.5) is 5.82 Å². The number of carbonyl (C=O) groups excluding carboxylic acids is 1. The van der Waals surface area contributed by atoms with E-state index in [9.17, 15) is 4.79 Å². The molecular weight excluding hydrogens is 160 g/mol. The van der Waals surface area contributed by atoms with Crippen LogP contribution in [-0.4, -0.2) is 10.9 Å². The van der Waals surface area contributed by atoms with Gasteiger partial charge in [0.25, 0.3) is 5.91 Å². The zero-order valence-electron chi connectivity index (χ0n) is 6.13. The highest BCUT2D eigenvalue weighted by Crippen LogP contribution is 2.07. The van der Waals surface area contributed by atoms with Gasteiger partial charge in [-0.15, -0.1) is 11.3 Å². The van der Waals surface area contributed by atoms with Gasteiger partial charge in [0.1, 0.15) is 5.82 Å². The zero-order valence-corrected chi connectivity index (χ0v) is 6.94. The second-order valence-corrected chi connectivity index (χ2v) is 2.83. The normalized spacial score (nSPS) is 9.18. The van der Waals surface area contributed by atoms with E-state index in [0.717, 1.165) is 0 Å². The monoisotopic (exact) mass is 168 g/mol. The van der Waals surface area contributed by atoms with Crippen molar-refractivity contribution in [3.63, 3.8) is 0 Å². The Labute approximate surface area is 68.8 Å². The van der Waals surface area contributed by atoms with Crippen LogP contribution >= 0.6 is 11.3 Å². The molecular formula is C7H8N2OS. The van der Waals surface area contributed by atoms with Crippen molar-refractivity contribution in [3.8, 4) is 0 Å². The third-order valence-corrected chi connectivity index (χ3v) is 1.65. The Balaban J connectivity index is 2.57. The van der Waals surface area contributed by atoms with Crippen LogP contribution in [0.3, 0.4) is 0 Å². The van der Waals surface area contributed by atoms with E-state index < -0.39 is 0 Å². The second-order valence-electron chi connectivity index (χ2n) is 2.11. The molecule has 0 aromatic carbocycles. The lowest BCUT2D eigenvalue weighted by molar-refractivity contribution is -0.112. The third-order valence-electron chi connectivity index (χ3n) is 1.06. The van der Waals surface area contributed by atoms with Crippen molar-refractivity contribution in [1.82, 2.24) is 4.98 Å². The van der Waals surface area contributed by atoms with E-state index in [0.29, 0.717) is 11.4 Å². The molecule has 0 spiro atoms. The molecule has 1 rings (SSSR count). The number of carbonyl (C=O) groups is 1.